The van der Waals surface area contributed by atoms with Crippen molar-refractivity contribution in [2.24, 2.45) is 0 Å². The summed E-state index contributed by atoms with van der Waals surface area (Å²) in [6, 6.07) is 13.1. The standard InChI is InChI=1S/C22H22FN5O4S/c23-17-3-1-16(2-4-17)21(29)22(30)28-13-11-27(12-14-28)18-5-7-19(8-6-18)33(31,32)26-20-9-10-24-15-25-20/h1-10,15,21,29H,11-14H2,(H,24,25,26). The summed E-state index contributed by atoms with van der Waals surface area (Å²) in [6.07, 6.45) is 1.35. The Labute approximate surface area is 190 Å². The van der Waals surface area contributed by atoms with Gasteiger partial charge in [-0.15, -0.1) is 0 Å². The minimum Gasteiger partial charge on any atom is -0.378 e. The largest absolute Gasteiger partial charge is 0.378 e. The SMILES string of the molecule is O=C(C(O)c1ccc(F)cc1)N1CCN(c2ccc(S(=O)(=O)Nc3ccncn3)cc2)CC1. The van der Waals surface area contributed by atoms with Crippen LogP contribution in [0.3, 0.4) is 0 Å². The Morgan fingerprint density at radius 1 is 1.00 bits per heavy atom. The van der Waals surface area contributed by atoms with Crippen LogP contribution in [-0.2, 0) is 14.8 Å². The predicted molar refractivity (Wildman–Crippen MR) is 119 cm³/mol. The van der Waals surface area contributed by atoms with E-state index >= 15 is 0 Å². The van der Waals surface area contributed by atoms with Gasteiger partial charge in [0.15, 0.2) is 6.10 Å². The number of hydrogen-bond acceptors (Lipinski definition) is 7. The molecule has 2 N–H and O–H groups in total. The first-order valence-electron chi connectivity index (χ1n) is 10.2. The topological polar surface area (TPSA) is 116 Å². The molecule has 0 saturated carbocycles. The van der Waals surface area contributed by atoms with Gasteiger partial charge in [-0.3, -0.25) is 9.52 Å². The number of aliphatic hydroxyl groups is 1. The van der Waals surface area contributed by atoms with Crippen molar-refractivity contribution >= 4 is 27.4 Å². The molecule has 9 nitrogen and oxygen atoms in total. The van der Waals surface area contributed by atoms with E-state index in [4.69, 9.17) is 0 Å². The molecule has 33 heavy (non-hydrogen) atoms. The van der Waals surface area contributed by atoms with E-state index in [-0.39, 0.29) is 10.7 Å². The van der Waals surface area contributed by atoms with Crippen LogP contribution >= 0.6 is 0 Å². The number of amides is 1. The smallest absolute Gasteiger partial charge is 0.263 e. The number of sulfonamides is 1. The van der Waals surface area contributed by atoms with E-state index in [0.29, 0.717) is 31.7 Å². The zero-order valence-corrected chi connectivity index (χ0v) is 18.3. The molecule has 172 valence electrons. The molecular weight excluding hydrogens is 449 g/mol. The van der Waals surface area contributed by atoms with Crippen LogP contribution < -0.4 is 9.62 Å². The summed E-state index contributed by atoms with van der Waals surface area (Å²) in [7, 11) is -3.78. The molecular formula is C22H22FN5O4S. The Morgan fingerprint density at radius 3 is 2.27 bits per heavy atom. The molecule has 1 atom stereocenters. The maximum absolute atomic E-state index is 13.1. The zero-order chi connectivity index (χ0) is 23.4. The van der Waals surface area contributed by atoms with Crippen molar-refractivity contribution in [3.8, 4) is 0 Å². The van der Waals surface area contributed by atoms with Gasteiger partial charge in [-0.2, -0.15) is 0 Å². The van der Waals surface area contributed by atoms with Crippen molar-refractivity contribution in [2.45, 2.75) is 11.0 Å². The van der Waals surface area contributed by atoms with Crippen LogP contribution in [0, 0.1) is 5.82 Å². The number of rotatable bonds is 6. The molecule has 1 fully saturated rings. The van der Waals surface area contributed by atoms with Crippen LogP contribution in [0.1, 0.15) is 11.7 Å². The number of nitrogens with one attached hydrogen (secondary N) is 1. The third-order valence-electron chi connectivity index (χ3n) is 5.34. The van der Waals surface area contributed by atoms with Crippen molar-refractivity contribution in [1.29, 1.82) is 0 Å². The van der Waals surface area contributed by atoms with Crippen LogP contribution in [0.2, 0.25) is 0 Å². The number of hydrogen-bond donors (Lipinski definition) is 2. The van der Waals surface area contributed by atoms with Gasteiger partial charge in [0, 0.05) is 38.1 Å². The van der Waals surface area contributed by atoms with Crippen molar-refractivity contribution < 1.29 is 22.7 Å². The quantitative estimate of drug-likeness (QED) is 0.563. The molecule has 1 saturated heterocycles. The zero-order valence-electron chi connectivity index (χ0n) is 17.5. The van der Waals surface area contributed by atoms with E-state index in [1.807, 2.05) is 4.90 Å². The molecule has 3 aromatic rings. The first kappa shape index (κ1) is 22.6. The second kappa shape index (κ2) is 9.51. The molecule has 2 aromatic carbocycles. The van der Waals surface area contributed by atoms with E-state index in [2.05, 4.69) is 14.7 Å². The average molecular weight is 472 g/mol. The van der Waals surface area contributed by atoms with Gasteiger partial charge < -0.3 is 14.9 Å². The summed E-state index contributed by atoms with van der Waals surface area (Å²) >= 11 is 0. The minimum absolute atomic E-state index is 0.0982. The molecule has 1 aromatic heterocycles. The highest BCUT2D eigenvalue weighted by Crippen LogP contribution is 2.22. The number of aromatic nitrogens is 2. The third-order valence-corrected chi connectivity index (χ3v) is 6.71. The van der Waals surface area contributed by atoms with E-state index in [0.717, 1.165) is 5.69 Å². The van der Waals surface area contributed by atoms with Gasteiger partial charge in [-0.1, -0.05) is 12.1 Å². The number of benzene rings is 2. The monoisotopic (exact) mass is 471 g/mol. The second-order valence-electron chi connectivity index (χ2n) is 7.46. The molecule has 0 radical (unpaired) electrons. The van der Waals surface area contributed by atoms with Crippen LogP contribution in [0.25, 0.3) is 0 Å². The van der Waals surface area contributed by atoms with Crippen molar-refractivity contribution in [3.63, 3.8) is 0 Å². The summed E-state index contributed by atoms with van der Waals surface area (Å²) in [5.41, 5.74) is 1.17. The Hall–Kier alpha value is -3.57. The number of halogens is 1. The number of carbonyl (C=O) groups excluding carboxylic acids is 1. The second-order valence-corrected chi connectivity index (χ2v) is 9.14. The molecule has 0 spiro atoms. The highest BCUT2D eigenvalue weighted by Gasteiger charge is 2.27. The highest BCUT2D eigenvalue weighted by atomic mass is 32.2. The lowest BCUT2D eigenvalue weighted by Gasteiger charge is -2.37. The highest BCUT2D eigenvalue weighted by molar-refractivity contribution is 7.92. The van der Waals surface area contributed by atoms with Gasteiger partial charge in [0.05, 0.1) is 4.90 Å². The van der Waals surface area contributed by atoms with E-state index in [1.165, 1.54) is 55.0 Å². The third kappa shape index (κ3) is 5.26. The molecule has 2 heterocycles. The molecule has 0 bridgehead atoms. The summed E-state index contributed by atoms with van der Waals surface area (Å²) in [5, 5.41) is 10.3. The summed E-state index contributed by atoms with van der Waals surface area (Å²) in [6.45, 7) is 1.83. The lowest BCUT2D eigenvalue weighted by atomic mass is 10.1. The molecule has 1 aliphatic rings. The fourth-order valence-corrected chi connectivity index (χ4v) is 4.54. The van der Waals surface area contributed by atoms with Gasteiger partial charge >= 0.3 is 0 Å². The summed E-state index contributed by atoms with van der Waals surface area (Å²) in [4.78, 5) is 23.9. The molecule has 1 unspecified atom stereocenters. The number of anilines is 2. The lowest BCUT2D eigenvalue weighted by Crippen LogP contribution is -2.50. The van der Waals surface area contributed by atoms with E-state index < -0.39 is 27.9 Å². The van der Waals surface area contributed by atoms with Crippen molar-refractivity contribution in [2.75, 3.05) is 35.8 Å². The Balaban J connectivity index is 1.36. The Morgan fingerprint density at radius 2 is 1.67 bits per heavy atom. The van der Waals surface area contributed by atoms with Gasteiger partial charge in [0.25, 0.3) is 15.9 Å². The lowest BCUT2D eigenvalue weighted by molar-refractivity contribution is -0.140. The number of aliphatic hydroxyl groups excluding tert-OH is 1. The maximum atomic E-state index is 13.1. The Kier molecular flexibility index (Phi) is 6.52. The minimum atomic E-state index is -3.78. The fraction of sp³-hybridized carbons (Fsp3) is 0.227. The van der Waals surface area contributed by atoms with Crippen molar-refractivity contribution in [1.82, 2.24) is 14.9 Å². The number of carbonyl (C=O) groups is 1. The van der Waals surface area contributed by atoms with Gasteiger partial charge in [-0.25, -0.2) is 22.8 Å². The fourth-order valence-electron chi connectivity index (χ4n) is 3.53. The first-order valence-corrected chi connectivity index (χ1v) is 11.7. The number of piperazine rings is 1. The molecule has 11 heteroatoms. The van der Waals surface area contributed by atoms with Crippen LogP contribution in [0.15, 0.2) is 72.0 Å². The van der Waals surface area contributed by atoms with Crippen LogP contribution in [-0.4, -0.2) is 60.5 Å². The van der Waals surface area contributed by atoms with E-state index in [9.17, 15) is 22.7 Å². The summed E-state index contributed by atoms with van der Waals surface area (Å²) < 4.78 is 40.5. The number of nitrogens with zero attached hydrogens (tertiary/aromatic N) is 4. The van der Waals surface area contributed by atoms with E-state index in [1.54, 1.807) is 17.0 Å². The first-order chi connectivity index (χ1) is 15.8. The summed E-state index contributed by atoms with van der Waals surface area (Å²) in [5.74, 6) is -0.688. The molecule has 1 amide bonds. The van der Waals surface area contributed by atoms with Gasteiger partial charge in [0.1, 0.15) is 18.0 Å². The molecule has 1 aliphatic heterocycles. The molecule has 4 rings (SSSR count). The Bertz CT molecular complexity index is 1200. The van der Waals surface area contributed by atoms with Gasteiger partial charge in [0.2, 0.25) is 0 Å². The van der Waals surface area contributed by atoms with Crippen LogP contribution in [0.4, 0.5) is 15.9 Å². The van der Waals surface area contributed by atoms with Crippen LogP contribution in [0.5, 0.6) is 0 Å². The average Bonchev–Trinajstić information content (AvgIpc) is 2.84. The van der Waals surface area contributed by atoms with Crippen molar-refractivity contribution in [3.05, 3.63) is 78.5 Å². The predicted octanol–water partition coefficient (Wildman–Crippen LogP) is 1.80. The maximum Gasteiger partial charge on any atom is 0.263 e. The van der Waals surface area contributed by atoms with Gasteiger partial charge in [-0.05, 0) is 48.0 Å². The molecule has 0 aliphatic carbocycles. The normalized spacial score (nSPS) is 15.2.